The normalized spacial score (nSPS) is 17.5. The molecule has 0 aromatic heterocycles. The second kappa shape index (κ2) is 7.47. The van der Waals surface area contributed by atoms with Gasteiger partial charge in [0, 0.05) is 17.6 Å². The van der Waals surface area contributed by atoms with Crippen molar-refractivity contribution in [3.05, 3.63) is 22.2 Å². The van der Waals surface area contributed by atoms with Crippen molar-refractivity contribution < 1.29 is 14.6 Å². The summed E-state index contributed by atoms with van der Waals surface area (Å²) in [4.78, 5) is 0. The van der Waals surface area contributed by atoms with E-state index in [9.17, 15) is 5.11 Å². The second-order valence-electron chi connectivity index (χ2n) is 5.69. The van der Waals surface area contributed by atoms with Crippen molar-refractivity contribution in [2.45, 2.75) is 44.2 Å². The number of methoxy groups -OCH3 is 2. The van der Waals surface area contributed by atoms with E-state index in [1.165, 1.54) is 6.42 Å². The lowest BCUT2D eigenvalue weighted by Crippen LogP contribution is -2.41. The molecule has 0 aliphatic heterocycles. The molecule has 1 aliphatic carbocycles. The van der Waals surface area contributed by atoms with Crippen molar-refractivity contribution in [1.29, 1.82) is 0 Å². The van der Waals surface area contributed by atoms with Gasteiger partial charge in [0.2, 0.25) is 0 Å². The van der Waals surface area contributed by atoms with Crippen LogP contribution >= 0.6 is 15.9 Å². The summed E-state index contributed by atoms with van der Waals surface area (Å²) in [6, 6.07) is 3.87. The van der Waals surface area contributed by atoms with Crippen LogP contribution < -0.4 is 14.8 Å². The number of hydrogen-bond donors (Lipinski definition) is 2. The Kier molecular flexibility index (Phi) is 5.90. The van der Waals surface area contributed by atoms with Crippen LogP contribution in [0.5, 0.6) is 11.5 Å². The lowest BCUT2D eigenvalue weighted by molar-refractivity contribution is 0.00466. The molecule has 0 radical (unpaired) electrons. The molecule has 1 aromatic carbocycles. The summed E-state index contributed by atoms with van der Waals surface area (Å²) in [5.74, 6) is 1.42. The van der Waals surface area contributed by atoms with E-state index in [0.717, 1.165) is 35.7 Å². The van der Waals surface area contributed by atoms with Gasteiger partial charge in [-0.1, -0.05) is 35.2 Å². The largest absolute Gasteiger partial charge is 0.493 e. The monoisotopic (exact) mass is 357 g/mol. The van der Waals surface area contributed by atoms with Gasteiger partial charge in [-0.2, -0.15) is 0 Å². The fourth-order valence-electron chi connectivity index (χ4n) is 2.85. The van der Waals surface area contributed by atoms with E-state index in [1.807, 2.05) is 12.1 Å². The number of aliphatic hydroxyl groups is 1. The van der Waals surface area contributed by atoms with Crippen LogP contribution in [0.2, 0.25) is 0 Å². The summed E-state index contributed by atoms with van der Waals surface area (Å²) in [5.41, 5.74) is 0.549. The standard InChI is InChI=1S/C16H24BrNO3/c1-20-14-8-12(13(17)9-15(14)21-2)10-18-11-16(19)6-4-3-5-7-16/h8-9,18-19H,3-7,10-11H2,1-2H3. The molecule has 0 saturated heterocycles. The van der Waals surface area contributed by atoms with Crippen LogP contribution in [-0.2, 0) is 6.54 Å². The molecular weight excluding hydrogens is 334 g/mol. The maximum Gasteiger partial charge on any atom is 0.161 e. The van der Waals surface area contributed by atoms with Crippen molar-refractivity contribution in [1.82, 2.24) is 5.32 Å². The average Bonchev–Trinajstić information content (AvgIpc) is 2.49. The minimum absolute atomic E-state index is 0.540. The Morgan fingerprint density at radius 1 is 1.14 bits per heavy atom. The first-order valence-corrected chi connectivity index (χ1v) is 8.21. The Morgan fingerprint density at radius 3 is 2.38 bits per heavy atom. The molecule has 4 nitrogen and oxygen atoms in total. The van der Waals surface area contributed by atoms with Crippen LogP contribution in [0.15, 0.2) is 16.6 Å². The lowest BCUT2D eigenvalue weighted by Gasteiger charge is -2.32. The van der Waals surface area contributed by atoms with Crippen LogP contribution in [0.3, 0.4) is 0 Å². The molecule has 1 fully saturated rings. The van der Waals surface area contributed by atoms with E-state index in [4.69, 9.17) is 9.47 Å². The molecule has 21 heavy (non-hydrogen) atoms. The van der Waals surface area contributed by atoms with Crippen LogP contribution in [0, 0.1) is 0 Å². The minimum atomic E-state index is -0.540. The zero-order valence-corrected chi connectivity index (χ0v) is 14.3. The minimum Gasteiger partial charge on any atom is -0.493 e. The molecule has 0 heterocycles. The molecule has 118 valence electrons. The summed E-state index contributed by atoms with van der Waals surface area (Å²) >= 11 is 3.55. The van der Waals surface area contributed by atoms with Crippen molar-refractivity contribution in [3.8, 4) is 11.5 Å². The fourth-order valence-corrected chi connectivity index (χ4v) is 3.31. The quantitative estimate of drug-likeness (QED) is 0.820. The van der Waals surface area contributed by atoms with Crippen LogP contribution in [-0.4, -0.2) is 31.5 Å². The smallest absolute Gasteiger partial charge is 0.161 e. The van der Waals surface area contributed by atoms with Gasteiger partial charge in [0.05, 0.1) is 19.8 Å². The molecule has 0 atom stereocenters. The second-order valence-corrected chi connectivity index (χ2v) is 6.54. The average molecular weight is 358 g/mol. The Labute approximate surface area is 135 Å². The van der Waals surface area contributed by atoms with Crippen LogP contribution in [0.25, 0.3) is 0 Å². The molecule has 1 saturated carbocycles. The van der Waals surface area contributed by atoms with E-state index in [2.05, 4.69) is 21.2 Å². The number of halogens is 1. The van der Waals surface area contributed by atoms with Gasteiger partial charge in [-0.3, -0.25) is 0 Å². The zero-order chi connectivity index (χ0) is 15.3. The molecule has 0 amide bonds. The van der Waals surface area contributed by atoms with Gasteiger partial charge >= 0.3 is 0 Å². The number of ether oxygens (including phenoxy) is 2. The molecular formula is C16H24BrNO3. The molecule has 5 heteroatoms. The van der Waals surface area contributed by atoms with Crippen molar-refractivity contribution >= 4 is 15.9 Å². The Hall–Kier alpha value is -0.780. The SMILES string of the molecule is COc1cc(Br)c(CNCC2(O)CCCCC2)cc1OC. The van der Waals surface area contributed by atoms with Crippen molar-refractivity contribution in [2.75, 3.05) is 20.8 Å². The number of benzene rings is 1. The summed E-state index contributed by atoms with van der Waals surface area (Å²) < 4.78 is 11.6. The third-order valence-electron chi connectivity index (χ3n) is 4.11. The Balaban J connectivity index is 1.96. The topological polar surface area (TPSA) is 50.7 Å². The number of rotatable bonds is 6. The molecule has 0 spiro atoms. The molecule has 0 unspecified atom stereocenters. The predicted octanol–water partition coefficient (Wildman–Crippen LogP) is 3.25. The van der Waals surface area contributed by atoms with Crippen molar-refractivity contribution in [2.24, 2.45) is 0 Å². The van der Waals surface area contributed by atoms with Gasteiger partial charge < -0.3 is 19.9 Å². The Bertz CT molecular complexity index is 473. The predicted molar refractivity (Wildman–Crippen MR) is 87.0 cm³/mol. The highest BCUT2D eigenvalue weighted by molar-refractivity contribution is 9.10. The van der Waals surface area contributed by atoms with Crippen LogP contribution in [0.1, 0.15) is 37.7 Å². The van der Waals surface area contributed by atoms with E-state index in [0.29, 0.717) is 24.6 Å². The van der Waals surface area contributed by atoms with Gasteiger partial charge in [-0.15, -0.1) is 0 Å². The maximum absolute atomic E-state index is 10.5. The fraction of sp³-hybridized carbons (Fsp3) is 0.625. The summed E-state index contributed by atoms with van der Waals surface area (Å²) in [5, 5.41) is 13.8. The zero-order valence-electron chi connectivity index (χ0n) is 12.7. The highest BCUT2D eigenvalue weighted by Gasteiger charge is 2.28. The van der Waals surface area contributed by atoms with Crippen molar-refractivity contribution in [3.63, 3.8) is 0 Å². The van der Waals surface area contributed by atoms with Gasteiger partial charge in [-0.05, 0) is 30.5 Å². The first-order valence-electron chi connectivity index (χ1n) is 7.41. The number of nitrogens with one attached hydrogen (secondary N) is 1. The Morgan fingerprint density at radius 2 is 1.76 bits per heavy atom. The van der Waals surface area contributed by atoms with Gasteiger partial charge in [0.15, 0.2) is 11.5 Å². The molecule has 2 N–H and O–H groups in total. The van der Waals surface area contributed by atoms with Crippen LogP contribution in [0.4, 0.5) is 0 Å². The van der Waals surface area contributed by atoms with Gasteiger partial charge in [0.25, 0.3) is 0 Å². The number of hydrogen-bond acceptors (Lipinski definition) is 4. The molecule has 0 bridgehead atoms. The first kappa shape index (κ1) is 16.6. The van der Waals surface area contributed by atoms with E-state index in [-0.39, 0.29) is 0 Å². The lowest BCUT2D eigenvalue weighted by atomic mass is 9.85. The summed E-state index contributed by atoms with van der Waals surface area (Å²) in [6.07, 6.45) is 5.28. The highest BCUT2D eigenvalue weighted by Crippen LogP contribution is 2.33. The molecule has 2 rings (SSSR count). The van der Waals surface area contributed by atoms with E-state index in [1.54, 1.807) is 14.2 Å². The molecule has 1 aromatic rings. The third-order valence-corrected chi connectivity index (χ3v) is 4.84. The summed E-state index contributed by atoms with van der Waals surface area (Å²) in [7, 11) is 3.26. The van der Waals surface area contributed by atoms with E-state index >= 15 is 0 Å². The van der Waals surface area contributed by atoms with Gasteiger partial charge in [-0.25, -0.2) is 0 Å². The highest BCUT2D eigenvalue weighted by atomic mass is 79.9. The summed E-state index contributed by atoms with van der Waals surface area (Å²) in [6.45, 7) is 1.32. The third kappa shape index (κ3) is 4.34. The first-order chi connectivity index (χ1) is 10.1. The van der Waals surface area contributed by atoms with Gasteiger partial charge in [0.1, 0.15) is 0 Å². The maximum atomic E-state index is 10.5. The molecule has 1 aliphatic rings. The van der Waals surface area contributed by atoms with E-state index < -0.39 is 5.60 Å².